The van der Waals surface area contributed by atoms with Crippen LogP contribution in [0.4, 0.5) is 13.2 Å². The number of benzene rings is 1. The van der Waals surface area contributed by atoms with Crippen LogP contribution in [-0.2, 0) is 6.18 Å². The number of fused-ring (bicyclic) bond motifs is 1. The number of alkyl halides is 3. The summed E-state index contributed by atoms with van der Waals surface area (Å²) in [5.74, 6) is 0. The summed E-state index contributed by atoms with van der Waals surface area (Å²) in [6, 6.07) is 3.00. The van der Waals surface area contributed by atoms with Gasteiger partial charge in [-0.15, -0.1) is 0 Å². The number of nitrogens with one attached hydrogen (secondary N) is 1. The van der Waals surface area contributed by atoms with E-state index in [4.69, 9.17) is 0 Å². The normalized spacial score (nSPS) is 19.6. The average molecular weight is 283 g/mol. The fraction of sp³-hybridized carbons (Fsp3) is 0.385. The highest BCUT2D eigenvalue weighted by Gasteiger charge is 2.31. The SMILES string of the molecule is O=c1c2cc(C(F)(F)F)ccc2ncn1C1CCNC1. The van der Waals surface area contributed by atoms with Gasteiger partial charge in [0, 0.05) is 6.54 Å². The van der Waals surface area contributed by atoms with Gasteiger partial charge in [-0.1, -0.05) is 0 Å². The molecule has 2 aromatic rings. The zero-order valence-corrected chi connectivity index (χ0v) is 10.4. The molecule has 1 aromatic heterocycles. The van der Waals surface area contributed by atoms with E-state index in [1.54, 1.807) is 0 Å². The molecule has 2 heterocycles. The number of aromatic nitrogens is 2. The molecule has 20 heavy (non-hydrogen) atoms. The van der Waals surface area contributed by atoms with Gasteiger partial charge in [-0.3, -0.25) is 9.36 Å². The van der Waals surface area contributed by atoms with Crippen molar-refractivity contribution in [3.8, 4) is 0 Å². The quantitative estimate of drug-likeness (QED) is 0.870. The van der Waals surface area contributed by atoms with E-state index >= 15 is 0 Å². The molecule has 0 spiro atoms. The van der Waals surface area contributed by atoms with Crippen LogP contribution in [0, 0.1) is 0 Å². The smallest absolute Gasteiger partial charge is 0.315 e. The molecule has 1 saturated heterocycles. The van der Waals surface area contributed by atoms with Crippen LogP contribution in [-0.4, -0.2) is 22.6 Å². The zero-order valence-electron chi connectivity index (χ0n) is 10.4. The van der Waals surface area contributed by atoms with Crippen LogP contribution in [0.15, 0.2) is 29.3 Å². The van der Waals surface area contributed by atoms with Crippen molar-refractivity contribution in [3.63, 3.8) is 0 Å². The Hall–Kier alpha value is -1.89. The van der Waals surface area contributed by atoms with Crippen LogP contribution in [0.5, 0.6) is 0 Å². The van der Waals surface area contributed by atoms with E-state index in [9.17, 15) is 18.0 Å². The molecule has 1 aliphatic heterocycles. The topological polar surface area (TPSA) is 46.9 Å². The molecule has 0 bridgehead atoms. The molecule has 1 aromatic carbocycles. The van der Waals surface area contributed by atoms with Crippen molar-refractivity contribution in [2.75, 3.05) is 13.1 Å². The number of rotatable bonds is 1. The minimum absolute atomic E-state index is 0.00854. The molecular weight excluding hydrogens is 271 g/mol. The highest BCUT2D eigenvalue weighted by atomic mass is 19.4. The van der Waals surface area contributed by atoms with E-state index in [-0.39, 0.29) is 16.9 Å². The van der Waals surface area contributed by atoms with Crippen molar-refractivity contribution < 1.29 is 13.2 Å². The first-order valence-corrected chi connectivity index (χ1v) is 6.25. The van der Waals surface area contributed by atoms with Crippen LogP contribution in [0.25, 0.3) is 10.9 Å². The van der Waals surface area contributed by atoms with Crippen LogP contribution in [0.2, 0.25) is 0 Å². The summed E-state index contributed by atoms with van der Waals surface area (Å²) in [5, 5.41) is 3.12. The number of hydrogen-bond acceptors (Lipinski definition) is 3. The van der Waals surface area contributed by atoms with E-state index in [1.165, 1.54) is 17.0 Å². The van der Waals surface area contributed by atoms with Gasteiger partial charge in [-0.25, -0.2) is 4.98 Å². The molecule has 0 amide bonds. The van der Waals surface area contributed by atoms with E-state index in [2.05, 4.69) is 10.3 Å². The first-order chi connectivity index (χ1) is 9.47. The third-order valence-corrected chi connectivity index (χ3v) is 3.54. The van der Waals surface area contributed by atoms with Crippen molar-refractivity contribution in [2.24, 2.45) is 0 Å². The predicted molar refractivity (Wildman–Crippen MR) is 67.5 cm³/mol. The van der Waals surface area contributed by atoms with Crippen molar-refractivity contribution in [3.05, 3.63) is 40.4 Å². The Labute approximate surface area is 112 Å². The minimum Gasteiger partial charge on any atom is -0.315 e. The zero-order chi connectivity index (χ0) is 14.3. The second-order valence-corrected chi connectivity index (χ2v) is 4.83. The second kappa shape index (κ2) is 4.59. The molecule has 1 fully saturated rings. The molecule has 4 nitrogen and oxygen atoms in total. The number of hydrogen-bond donors (Lipinski definition) is 1. The lowest BCUT2D eigenvalue weighted by molar-refractivity contribution is -0.137. The van der Waals surface area contributed by atoms with Crippen LogP contribution < -0.4 is 10.9 Å². The van der Waals surface area contributed by atoms with Gasteiger partial charge in [0.25, 0.3) is 5.56 Å². The van der Waals surface area contributed by atoms with E-state index < -0.39 is 17.3 Å². The van der Waals surface area contributed by atoms with Gasteiger partial charge in [0.1, 0.15) is 0 Å². The lowest BCUT2D eigenvalue weighted by atomic mass is 10.1. The van der Waals surface area contributed by atoms with Gasteiger partial charge in [0.2, 0.25) is 0 Å². The molecule has 7 heteroatoms. The van der Waals surface area contributed by atoms with E-state index in [0.29, 0.717) is 6.54 Å². The fourth-order valence-corrected chi connectivity index (χ4v) is 2.45. The summed E-state index contributed by atoms with van der Waals surface area (Å²) in [5.41, 5.74) is -0.966. The lowest BCUT2D eigenvalue weighted by Crippen LogP contribution is -2.26. The predicted octanol–water partition coefficient (Wildman–Crippen LogP) is 1.95. The van der Waals surface area contributed by atoms with Gasteiger partial charge in [0.05, 0.1) is 28.8 Å². The molecule has 0 radical (unpaired) electrons. The van der Waals surface area contributed by atoms with Gasteiger partial charge in [0.15, 0.2) is 0 Å². The summed E-state index contributed by atoms with van der Waals surface area (Å²) in [6.07, 6.45) is -2.28. The van der Waals surface area contributed by atoms with E-state index in [0.717, 1.165) is 25.1 Å². The minimum atomic E-state index is -4.46. The molecule has 1 atom stereocenters. The Morgan fingerprint density at radius 1 is 1.35 bits per heavy atom. The Kier molecular flexibility index (Phi) is 3.01. The summed E-state index contributed by atoms with van der Waals surface area (Å²) >= 11 is 0. The molecule has 1 N–H and O–H groups in total. The van der Waals surface area contributed by atoms with E-state index in [1.807, 2.05) is 0 Å². The third-order valence-electron chi connectivity index (χ3n) is 3.54. The van der Waals surface area contributed by atoms with Gasteiger partial charge in [-0.05, 0) is 31.2 Å². The average Bonchev–Trinajstić information content (AvgIpc) is 2.91. The Morgan fingerprint density at radius 2 is 2.15 bits per heavy atom. The molecule has 0 aliphatic carbocycles. The fourth-order valence-electron chi connectivity index (χ4n) is 2.45. The summed E-state index contributed by atoms with van der Waals surface area (Å²) in [6.45, 7) is 1.42. The largest absolute Gasteiger partial charge is 0.416 e. The van der Waals surface area contributed by atoms with Gasteiger partial charge < -0.3 is 5.32 Å². The monoisotopic (exact) mass is 283 g/mol. The van der Waals surface area contributed by atoms with Crippen molar-refractivity contribution in [2.45, 2.75) is 18.6 Å². The van der Waals surface area contributed by atoms with Crippen LogP contribution in [0.3, 0.4) is 0 Å². The maximum atomic E-state index is 12.7. The highest BCUT2D eigenvalue weighted by Crippen LogP contribution is 2.30. The number of halogens is 3. The van der Waals surface area contributed by atoms with Gasteiger partial charge in [-0.2, -0.15) is 13.2 Å². The molecule has 1 aliphatic rings. The lowest BCUT2D eigenvalue weighted by Gasteiger charge is -2.13. The highest BCUT2D eigenvalue weighted by molar-refractivity contribution is 5.78. The van der Waals surface area contributed by atoms with Crippen molar-refractivity contribution in [1.29, 1.82) is 0 Å². The molecule has 106 valence electrons. The third kappa shape index (κ3) is 2.18. The molecule has 0 saturated carbocycles. The Bertz CT molecular complexity index is 702. The standard InChI is InChI=1S/C13H12F3N3O/c14-13(15,16)8-1-2-11-10(5-8)12(20)19(7-18-11)9-3-4-17-6-9/h1-2,5,7,9,17H,3-4,6H2. The van der Waals surface area contributed by atoms with Crippen LogP contribution in [0.1, 0.15) is 18.0 Å². The molecule has 3 rings (SSSR count). The maximum absolute atomic E-state index is 12.7. The van der Waals surface area contributed by atoms with Gasteiger partial charge >= 0.3 is 6.18 Å². The molecule has 1 unspecified atom stereocenters. The Balaban J connectivity index is 2.17. The second-order valence-electron chi connectivity index (χ2n) is 4.83. The summed E-state index contributed by atoms with van der Waals surface area (Å²) < 4.78 is 39.5. The van der Waals surface area contributed by atoms with Crippen LogP contribution >= 0.6 is 0 Å². The van der Waals surface area contributed by atoms with Crippen molar-refractivity contribution >= 4 is 10.9 Å². The first-order valence-electron chi connectivity index (χ1n) is 6.25. The molecular formula is C13H12F3N3O. The maximum Gasteiger partial charge on any atom is 0.416 e. The Morgan fingerprint density at radius 3 is 2.80 bits per heavy atom. The van der Waals surface area contributed by atoms with Crippen molar-refractivity contribution in [1.82, 2.24) is 14.9 Å². The first kappa shape index (κ1) is 13.1. The number of nitrogens with zero attached hydrogens (tertiary/aromatic N) is 2. The summed E-state index contributed by atoms with van der Waals surface area (Å²) in [4.78, 5) is 16.4. The summed E-state index contributed by atoms with van der Waals surface area (Å²) in [7, 11) is 0.